The summed E-state index contributed by atoms with van der Waals surface area (Å²) < 4.78 is 12.2. The fraction of sp³-hybridized carbons (Fsp3) is 0.156. The molecule has 1 fully saturated rings. The first kappa shape index (κ1) is 27.4. The molecule has 8 heteroatoms. The van der Waals surface area contributed by atoms with Crippen LogP contribution in [0.1, 0.15) is 24.5 Å². The first-order valence-electron chi connectivity index (χ1n) is 12.8. The Kier molecular flexibility index (Phi) is 7.88. The highest BCUT2D eigenvalue weighted by molar-refractivity contribution is 14.1. The van der Waals surface area contributed by atoms with E-state index in [2.05, 4.69) is 22.6 Å². The molecule has 202 valence electrons. The number of halogens is 1. The van der Waals surface area contributed by atoms with E-state index in [0.717, 1.165) is 36.1 Å². The maximum Gasteiger partial charge on any atom is 0.343 e. The zero-order valence-corrected chi connectivity index (χ0v) is 24.5. The summed E-state index contributed by atoms with van der Waals surface area (Å²) in [6, 6.07) is 22.8. The standard InChI is InChI=1S/C32H27IN2O5/c1-4-16-40-29-26(33)18-21(19-28(29)39-3)17-25-30(36)34(23-14-12-20(2)13-15-23)32(38)35(31(25)37)27-11-7-9-22-8-5-6-10-24(22)27/h5-15,17-19H,4,16H2,1-3H3/b25-17+. The van der Waals surface area contributed by atoms with Crippen LogP contribution >= 0.6 is 22.6 Å². The number of fused-ring (bicyclic) bond motifs is 1. The SMILES string of the molecule is CCCOc1c(I)cc(/C=C2\C(=O)N(c3ccc(C)cc3)C(=O)N(c3cccc4ccccc34)C2=O)cc1OC. The van der Waals surface area contributed by atoms with Crippen LogP contribution in [0.3, 0.4) is 0 Å². The topological polar surface area (TPSA) is 76.2 Å². The number of hydrogen-bond acceptors (Lipinski definition) is 5. The third kappa shape index (κ3) is 5.06. The Morgan fingerprint density at radius 3 is 2.30 bits per heavy atom. The van der Waals surface area contributed by atoms with E-state index in [0.29, 0.717) is 35.0 Å². The average molecular weight is 646 g/mol. The van der Waals surface area contributed by atoms with E-state index >= 15 is 0 Å². The number of nitrogens with zero attached hydrogens (tertiary/aromatic N) is 2. The molecular formula is C32H27IN2O5. The summed E-state index contributed by atoms with van der Waals surface area (Å²) in [4.78, 5) is 43.9. The lowest BCUT2D eigenvalue weighted by Crippen LogP contribution is -2.57. The molecule has 1 aliphatic heterocycles. The number of aryl methyl sites for hydroxylation is 1. The average Bonchev–Trinajstić information content (AvgIpc) is 2.95. The van der Waals surface area contributed by atoms with Crippen LogP contribution in [0.4, 0.5) is 16.2 Å². The molecule has 0 aliphatic carbocycles. The van der Waals surface area contributed by atoms with Gasteiger partial charge >= 0.3 is 6.03 Å². The number of barbiturate groups is 1. The summed E-state index contributed by atoms with van der Waals surface area (Å²) in [5.41, 5.74) is 2.18. The van der Waals surface area contributed by atoms with Crippen molar-refractivity contribution in [1.29, 1.82) is 0 Å². The van der Waals surface area contributed by atoms with E-state index in [1.807, 2.05) is 62.4 Å². The lowest BCUT2D eigenvalue weighted by Gasteiger charge is -2.34. The van der Waals surface area contributed by atoms with Crippen molar-refractivity contribution in [3.8, 4) is 11.5 Å². The molecule has 1 heterocycles. The number of hydrogen-bond donors (Lipinski definition) is 0. The molecule has 4 amide bonds. The molecule has 4 aromatic rings. The summed E-state index contributed by atoms with van der Waals surface area (Å²) in [6.45, 7) is 4.46. The van der Waals surface area contributed by atoms with Crippen LogP contribution in [0.2, 0.25) is 0 Å². The lowest BCUT2D eigenvalue weighted by atomic mass is 10.0. The Morgan fingerprint density at radius 1 is 0.875 bits per heavy atom. The molecule has 4 aromatic carbocycles. The summed E-state index contributed by atoms with van der Waals surface area (Å²) in [5, 5.41) is 1.59. The fourth-order valence-corrected chi connectivity index (χ4v) is 5.38. The molecule has 0 bridgehead atoms. The summed E-state index contributed by atoms with van der Waals surface area (Å²) in [6.07, 6.45) is 2.34. The monoisotopic (exact) mass is 646 g/mol. The Morgan fingerprint density at radius 2 is 1.57 bits per heavy atom. The Labute approximate surface area is 246 Å². The minimum Gasteiger partial charge on any atom is -0.493 e. The molecule has 5 rings (SSSR count). The second-order valence-corrected chi connectivity index (χ2v) is 10.5. The molecule has 1 aliphatic rings. The van der Waals surface area contributed by atoms with Gasteiger partial charge in [0.05, 0.1) is 28.7 Å². The smallest absolute Gasteiger partial charge is 0.343 e. The van der Waals surface area contributed by atoms with E-state index < -0.39 is 17.8 Å². The van der Waals surface area contributed by atoms with E-state index in [4.69, 9.17) is 9.47 Å². The van der Waals surface area contributed by atoms with E-state index in [-0.39, 0.29) is 5.57 Å². The zero-order chi connectivity index (χ0) is 28.4. The van der Waals surface area contributed by atoms with Gasteiger partial charge in [0.25, 0.3) is 11.8 Å². The van der Waals surface area contributed by atoms with Crippen molar-refractivity contribution in [2.75, 3.05) is 23.5 Å². The number of carbonyl (C=O) groups is 3. The van der Waals surface area contributed by atoms with Gasteiger partial charge in [-0.05, 0) is 83.3 Å². The van der Waals surface area contributed by atoms with Gasteiger partial charge in [-0.25, -0.2) is 14.6 Å². The predicted molar refractivity (Wildman–Crippen MR) is 165 cm³/mol. The Balaban J connectivity index is 1.68. The second kappa shape index (κ2) is 11.5. The zero-order valence-electron chi connectivity index (χ0n) is 22.3. The highest BCUT2D eigenvalue weighted by Gasteiger charge is 2.44. The number of anilines is 2. The minimum atomic E-state index is -0.733. The molecule has 0 saturated carbocycles. The first-order valence-corrected chi connectivity index (χ1v) is 13.9. The number of imide groups is 2. The number of urea groups is 1. The van der Waals surface area contributed by atoms with Crippen LogP contribution in [0.5, 0.6) is 11.5 Å². The van der Waals surface area contributed by atoms with Crippen LogP contribution in [0.15, 0.2) is 84.4 Å². The van der Waals surface area contributed by atoms with E-state index in [9.17, 15) is 14.4 Å². The molecule has 0 N–H and O–H groups in total. The molecular weight excluding hydrogens is 619 g/mol. The largest absolute Gasteiger partial charge is 0.493 e. The second-order valence-electron chi connectivity index (χ2n) is 9.34. The number of ether oxygens (including phenoxy) is 2. The maximum atomic E-state index is 14.0. The third-order valence-corrected chi connectivity index (χ3v) is 7.36. The molecule has 7 nitrogen and oxygen atoms in total. The normalized spacial score (nSPS) is 14.8. The van der Waals surface area contributed by atoms with Gasteiger partial charge < -0.3 is 9.47 Å². The van der Waals surface area contributed by atoms with Gasteiger partial charge in [0.2, 0.25) is 0 Å². The van der Waals surface area contributed by atoms with Gasteiger partial charge in [-0.3, -0.25) is 9.59 Å². The van der Waals surface area contributed by atoms with Crippen molar-refractivity contribution >= 4 is 68.7 Å². The van der Waals surface area contributed by atoms with Crippen LogP contribution in [-0.4, -0.2) is 31.6 Å². The van der Waals surface area contributed by atoms with Crippen molar-refractivity contribution in [3.05, 3.63) is 99.1 Å². The molecule has 0 aromatic heterocycles. The predicted octanol–water partition coefficient (Wildman–Crippen LogP) is 7.13. The number of amides is 4. The molecule has 0 atom stereocenters. The van der Waals surface area contributed by atoms with Gasteiger partial charge in [-0.2, -0.15) is 0 Å². The van der Waals surface area contributed by atoms with Gasteiger partial charge in [0.15, 0.2) is 11.5 Å². The number of rotatable bonds is 7. The maximum absolute atomic E-state index is 14.0. The van der Waals surface area contributed by atoms with Crippen molar-refractivity contribution in [2.45, 2.75) is 20.3 Å². The van der Waals surface area contributed by atoms with E-state index in [1.165, 1.54) is 13.2 Å². The molecule has 0 unspecified atom stereocenters. The highest BCUT2D eigenvalue weighted by Crippen LogP contribution is 2.37. The van der Waals surface area contributed by atoms with Gasteiger partial charge in [-0.15, -0.1) is 0 Å². The van der Waals surface area contributed by atoms with Crippen molar-refractivity contribution in [2.24, 2.45) is 0 Å². The number of benzene rings is 4. The molecule has 0 spiro atoms. The van der Waals surface area contributed by atoms with Crippen molar-refractivity contribution in [1.82, 2.24) is 0 Å². The summed E-state index contributed by atoms with van der Waals surface area (Å²) in [5.74, 6) is -0.312. The highest BCUT2D eigenvalue weighted by atomic mass is 127. The molecule has 40 heavy (non-hydrogen) atoms. The molecule has 0 radical (unpaired) electrons. The quantitative estimate of drug-likeness (QED) is 0.121. The van der Waals surface area contributed by atoms with Gasteiger partial charge in [-0.1, -0.05) is 61.0 Å². The van der Waals surface area contributed by atoms with Crippen molar-refractivity contribution < 1.29 is 23.9 Å². The Hall–Kier alpha value is -4.18. The van der Waals surface area contributed by atoms with Crippen molar-refractivity contribution in [3.63, 3.8) is 0 Å². The lowest BCUT2D eigenvalue weighted by molar-refractivity contribution is -0.121. The first-order chi connectivity index (χ1) is 19.3. The third-order valence-electron chi connectivity index (χ3n) is 6.56. The Bertz CT molecular complexity index is 1660. The fourth-order valence-electron chi connectivity index (χ4n) is 4.60. The minimum absolute atomic E-state index is 0.145. The van der Waals surface area contributed by atoms with Crippen LogP contribution in [0, 0.1) is 10.5 Å². The number of carbonyl (C=O) groups excluding carboxylic acids is 3. The van der Waals surface area contributed by atoms with Gasteiger partial charge in [0, 0.05) is 5.39 Å². The van der Waals surface area contributed by atoms with E-state index in [1.54, 1.807) is 30.3 Å². The van der Waals surface area contributed by atoms with Crippen LogP contribution in [0.25, 0.3) is 16.8 Å². The number of methoxy groups -OCH3 is 1. The van der Waals surface area contributed by atoms with Gasteiger partial charge in [0.1, 0.15) is 5.57 Å². The van der Waals surface area contributed by atoms with Crippen LogP contribution < -0.4 is 19.3 Å². The van der Waals surface area contributed by atoms with Crippen LogP contribution in [-0.2, 0) is 9.59 Å². The molecule has 1 saturated heterocycles. The summed E-state index contributed by atoms with van der Waals surface area (Å²) >= 11 is 2.14. The summed E-state index contributed by atoms with van der Waals surface area (Å²) in [7, 11) is 1.54.